The number of hydrogen-bond donors (Lipinski definition) is 0. The van der Waals surface area contributed by atoms with Gasteiger partial charge in [0, 0.05) is 11.1 Å². The van der Waals surface area contributed by atoms with E-state index in [1.54, 1.807) is 30.6 Å². The average Bonchev–Trinajstić information content (AvgIpc) is 2.59. The molecule has 0 atom stereocenters. The van der Waals surface area contributed by atoms with Gasteiger partial charge in [0.1, 0.15) is 5.75 Å². The van der Waals surface area contributed by atoms with Crippen LogP contribution >= 0.6 is 0 Å². The summed E-state index contributed by atoms with van der Waals surface area (Å²) < 4.78 is 10.2. The van der Waals surface area contributed by atoms with Gasteiger partial charge < -0.3 is 9.47 Å². The number of benzene rings is 2. The highest BCUT2D eigenvalue weighted by atomic mass is 16.7. The van der Waals surface area contributed by atoms with Gasteiger partial charge in [-0.1, -0.05) is 57.2 Å². The minimum Gasteiger partial charge on any atom is -0.433 e. The first-order chi connectivity index (χ1) is 11.8. The number of rotatable bonds is 5. The molecule has 0 N–H and O–H groups in total. The molecule has 0 aliphatic heterocycles. The second-order valence-electron chi connectivity index (χ2n) is 6.67. The molecule has 129 valence electrons. The van der Waals surface area contributed by atoms with Gasteiger partial charge in [-0.3, -0.25) is 9.59 Å². The molecule has 1 radical (unpaired) electrons. The van der Waals surface area contributed by atoms with Crippen LogP contribution in [0, 0.1) is 5.41 Å². The first-order valence-corrected chi connectivity index (χ1v) is 7.77. The number of carbonyl (C=O) groups is 2. The number of carbonyl (C=O) groups excluding carboxylic acids is 3. The molecule has 25 heavy (non-hydrogen) atoms. The molecule has 5 nitrogen and oxygen atoms in total. The molecule has 0 saturated heterocycles. The summed E-state index contributed by atoms with van der Waals surface area (Å²) >= 11 is 0. The molecule has 0 amide bonds. The second-order valence-corrected chi connectivity index (χ2v) is 6.67. The summed E-state index contributed by atoms with van der Waals surface area (Å²) in [6.45, 7) is 5.95. The van der Waals surface area contributed by atoms with Crippen LogP contribution in [0.15, 0.2) is 48.5 Å². The van der Waals surface area contributed by atoms with Crippen molar-refractivity contribution in [1.29, 1.82) is 0 Å². The van der Waals surface area contributed by atoms with Gasteiger partial charge >= 0.3 is 6.16 Å². The van der Waals surface area contributed by atoms with Crippen LogP contribution in [-0.2, 0) is 9.53 Å². The molecule has 2 aromatic rings. The molecule has 0 heterocycles. The van der Waals surface area contributed by atoms with Crippen molar-refractivity contribution in [2.24, 2.45) is 5.41 Å². The normalized spacial score (nSPS) is 10.8. The van der Waals surface area contributed by atoms with E-state index in [9.17, 15) is 14.4 Å². The van der Waals surface area contributed by atoms with Gasteiger partial charge in [0.2, 0.25) is 6.29 Å². The molecular formula is C20H19O5. The summed E-state index contributed by atoms with van der Waals surface area (Å²) in [7, 11) is 0. The minimum atomic E-state index is -0.884. The largest absolute Gasteiger partial charge is 0.513 e. The van der Waals surface area contributed by atoms with Crippen molar-refractivity contribution in [2.75, 3.05) is 6.61 Å². The maximum absolute atomic E-state index is 12.7. The lowest BCUT2D eigenvalue weighted by Crippen LogP contribution is -2.21. The second kappa shape index (κ2) is 7.75. The summed E-state index contributed by atoms with van der Waals surface area (Å²) in [5.74, 6) is -0.356. The molecule has 2 aromatic carbocycles. The van der Waals surface area contributed by atoms with E-state index in [-0.39, 0.29) is 34.5 Å². The Morgan fingerprint density at radius 2 is 1.56 bits per heavy atom. The van der Waals surface area contributed by atoms with Gasteiger partial charge in [-0.15, -0.1) is 0 Å². The fourth-order valence-electron chi connectivity index (χ4n) is 2.05. The van der Waals surface area contributed by atoms with Crippen molar-refractivity contribution >= 4 is 18.2 Å². The zero-order valence-corrected chi connectivity index (χ0v) is 14.4. The Balaban J connectivity index is 2.24. The highest BCUT2D eigenvalue weighted by Gasteiger charge is 2.20. The molecule has 5 heteroatoms. The zero-order valence-electron chi connectivity index (χ0n) is 14.4. The van der Waals surface area contributed by atoms with Gasteiger partial charge in [-0.2, -0.15) is 0 Å². The molecule has 0 aliphatic rings. The van der Waals surface area contributed by atoms with E-state index in [0.717, 1.165) is 0 Å². The lowest BCUT2D eigenvalue weighted by molar-refractivity contribution is 0.0681. The van der Waals surface area contributed by atoms with E-state index < -0.39 is 11.9 Å². The maximum atomic E-state index is 12.7. The number of para-hydroxylation sites is 1. The molecule has 0 bridgehead atoms. The van der Waals surface area contributed by atoms with Crippen LogP contribution in [0.25, 0.3) is 0 Å². The molecule has 0 aromatic heterocycles. The van der Waals surface area contributed by atoms with Gasteiger partial charge in [0.15, 0.2) is 5.78 Å². The Labute approximate surface area is 146 Å². The fourth-order valence-corrected chi connectivity index (χ4v) is 2.05. The van der Waals surface area contributed by atoms with Crippen molar-refractivity contribution in [3.05, 3.63) is 65.2 Å². The Morgan fingerprint density at radius 3 is 2.20 bits per heavy atom. The number of hydrogen-bond acceptors (Lipinski definition) is 5. The molecule has 0 saturated carbocycles. The van der Waals surface area contributed by atoms with Gasteiger partial charge in [0.05, 0.1) is 12.2 Å². The van der Waals surface area contributed by atoms with Gasteiger partial charge in [-0.25, -0.2) is 4.79 Å². The van der Waals surface area contributed by atoms with E-state index >= 15 is 0 Å². The predicted molar refractivity (Wildman–Crippen MR) is 92.5 cm³/mol. The summed E-state index contributed by atoms with van der Waals surface area (Å²) in [5.41, 5.74) is 0.305. The van der Waals surface area contributed by atoms with E-state index in [4.69, 9.17) is 9.47 Å². The summed E-state index contributed by atoms with van der Waals surface area (Å²) in [4.78, 5) is 35.6. The minimum absolute atomic E-state index is 0.0760. The van der Waals surface area contributed by atoms with Crippen LogP contribution in [0.1, 0.15) is 42.3 Å². The average molecular weight is 339 g/mol. The third kappa shape index (κ3) is 5.01. The van der Waals surface area contributed by atoms with Crippen molar-refractivity contribution in [3.63, 3.8) is 0 Å². The highest BCUT2D eigenvalue weighted by Crippen LogP contribution is 2.23. The first-order valence-electron chi connectivity index (χ1n) is 7.77. The standard InChI is InChI=1S/C20H19O5/c1-20(2,3)13-24-19(23)25-17-11-7-6-10-16(17)18(22)15-9-5-4-8-14(15)12-21/h4-11H,13H2,1-3H3. The van der Waals surface area contributed by atoms with Crippen LogP contribution in [0.3, 0.4) is 0 Å². The van der Waals surface area contributed by atoms with Crippen molar-refractivity contribution in [3.8, 4) is 5.75 Å². The zero-order chi connectivity index (χ0) is 18.4. The Kier molecular flexibility index (Phi) is 5.70. The van der Waals surface area contributed by atoms with E-state index in [2.05, 4.69) is 0 Å². The Morgan fingerprint density at radius 1 is 0.960 bits per heavy atom. The topological polar surface area (TPSA) is 69.7 Å². The highest BCUT2D eigenvalue weighted by molar-refractivity contribution is 6.14. The fraction of sp³-hybridized carbons (Fsp3) is 0.250. The lowest BCUT2D eigenvalue weighted by atomic mass is 9.98. The van der Waals surface area contributed by atoms with Crippen molar-refractivity contribution in [2.45, 2.75) is 20.8 Å². The Bertz CT molecular complexity index is 787. The molecule has 0 fully saturated rings. The predicted octanol–water partition coefficient (Wildman–Crippen LogP) is 3.94. The number of ketones is 1. The molecule has 0 spiro atoms. The molecule has 0 aliphatic carbocycles. The van der Waals surface area contributed by atoms with E-state index in [1.165, 1.54) is 24.3 Å². The molecular weight excluding hydrogens is 320 g/mol. The van der Waals surface area contributed by atoms with Crippen LogP contribution < -0.4 is 4.74 Å². The van der Waals surface area contributed by atoms with Crippen molar-refractivity contribution < 1.29 is 23.9 Å². The lowest BCUT2D eigenvalue weighted by Gasteiger charge is -2.17. The van der Waals surface area contributed by atoms with Crippen LogP contribution in [0.4, 0.5) is 4.79 Å². The number of ether oxygens (including phenoxy) is 2. The smallest absolute Gasteiger partial charge is 0.433 e. The van der Waals surface area contributed by atoms with Crippen molar-refractivity contribution in [1.82, 2.24) is 0 Å². The third-order valence-electron chi connectivity index (χ3n) is 3.23. The van der Waals surface area contributed by atoms with E-state index in [0.29, 0.717) is 0 Å². The molecule has 2 rings (SSSR count). The molecule has 0 unspecified atom stereocenters. The van der Waals surface area contributed by atoms with Gasteiger partial charge in [-0.05, 0) is 17.5 Å². The third-order valence-corrected chi connectivity index (χ3v) is 3.23. The van der Waals surface area contributed by atoms with Gasteiger partial charge in [0.25, 0.3) is 0 Å². The van der Waals surface area contributed by atoms with Crippen LogP contribution in [0.2, 0.25) is 0 Å². The summed E-state index contributed by atoms with van der Waals surface area (Å²) in [5, 5.41) is 0. The summed E-state index contributed by atoms with van der Waals surface area (Å²) in [6, 6.07) is 12.6. The monoisotopic (exact) mass is 339 g/mol. The Hall–Kier alpha value is -2.95. The first kappa shape index (κ1) is 18.4. The summed E-state index contributed by atoms with van der Waals surface area (Å²) in [6.07, 6.45) is 0.856. The van der Waals surface area contributed by atoms with Crippen LogP contribution in [-0.4, -0.2) is 24.8 Å². The SMILES string of the molecule is CC(C)(C)COC(=O)Oc1ccccc1C(=O)c1ccccc1[C]=O. The quantitative estimate of drug-likeness (QED) is 0.469. The van der Waals surface area contributed by atoms with E-state index in [1.807, 2.05) is 20.8 Å². The van der Waals surface area contributed by atoms with Crippen LogP contribution in [0.5, 0.6) is 5.75 Å². The maximum Gasteiger partial charge on any atom is 0.513 e.